The fraction of sp³-hybridized carbons (Fsp3) is 0.226. The van der Waals surface area contributed by atoms with Crippen molar-refractivity contribution in [3.8, 4) is 11.5 Å². The lowest BCUT2D eigenvalue weighted by Crippen LogP contribution is -2.54. The number of ether oxygens (including phenoxy) is 1. The molecule has 0 saturated carbocycles. The van der Waals surface area contributed by atoms with Crippen LogP contribution in [-0.4, -0.2) is 35.9 Å². The highest BCUT2D eigenvalue weighted by Gasteiger charge is 2.59. The van der Waals surface area contributed by atoms with E-state index in [-0.39, 0.29) is 49.1 Å². The quantitative estimate of drug-likeness (QED) is 0.119. The largest absolute Gasteiger partial charge is 0.504 e. The third-order valence-electron chi connectivity index (χ3n) is 6.47. The Hall–Kier alpha value is -3.48. The second kappa shape index (κ2) is 12.4. The van der Waals surface area contributed by atoms with Crippen LogP contribution in [-0.2, 0) is 5.00 Å². The Balaban J connectivity index is 1.69. The number of benzene rings is 4. The van der Waals surface area contributed by atoms with Gasteiger partial charge < -0.3 is 9.84 Å². The van der Waals surface area contributed by atoms with Crippen LogP contribution >= 0.6 is 11.6 Å². The Bertz CT molecular complexity index is 1230. The average molecular weight is 540 g/mol. The van der Waals surface area contributed by atoms with Crippen molar-refractivity contribution in [3.63, 3.8) is 0 Å². The summed E-state index contributed by atoms with van der Waals surface area (Å²) in [7, 11) is 0. The van der Waals surface area contributed by atoms with E-state index in [4.69, 9.17) is 16.3 Å². The van der Waals surface area contributed by atoms with Gasteiger partial charge in [-0.05, 0) is 35.2 Å². The molecule has 0 fully saturated rings. The summed E-state index contributed by atoms with van der Waals surface area (Å²) < 4.78 is 50.3. The molecule has 0 radical (unpaired) electrons. The standard InChI is InChI=1S/C31H29ClF3NO2/c32-30(31(33,34)35,26-17-8-3-9-18-26)36(21-12-22-38-29-20-11-10-19-28(29)37)23-27(24-13-4-1-5-14-24)25-15-6-2-7-16-25/h1-11,13-20,27,37H,12,21-23H2. The highest BCUT2D eigenvalue weighted by Crippen LogP contribution is 2.48. The first kappa shape index (κ1) is 27.6. The van der Waals surface area contributed by atoms with E-state index in [2.05, 4.69) is 0 Å². The van der Waals surface area contributed by atoms with Crippen LogP contribution in [0.5, 0.6) is 11.5 Å². The van der Waals surface area contributed by atoms with Crippen LogP contribution in [0, 0.1) is 0 Å². The van der Waals surface area contributed by atoms with Crippen molar-refractivity contribution in [2.75, 3.05) is 19.7 Å². The summed E-state index contributed by atoms with van der Waals surface area (Å²) in [6.07, 6.45) is -4.52. The summed E-state index contributed by atoms with van der Waals surface area (Å²) in [4.78, 5) is -1.46. The van der Waals surface area contributed by atoms with Gasteiger partial charge in [0.05, 0.1) is 6.61 Å². The van der Waals surface area contributed by atoms with Crippen LogP contribution in [0.2, 0.25) is 0 Å². The van der Waals surface area contributed by atoms with Crippen LogP contribution in [0.15, 0.2) is 115 Å². The minimum Gasteiger partial charge on any atom is -0.504 e. The molecule has 0 aromatic heterocycles. The number of hydrogen-bond donors (Lipinski definition) is 1. The van der Waals surface area contributed by atoms with E-state index >= 15 is 0 Å². The lowest BCUT2D eigenvalue weighted by atomic mass is 9.89. The van der Waals surface area contributed by atoms with Gasteiger partial charge in [0, 0.05) is 19.0 Å². The molecule has 1 N–H and O–H groups in total. The average Bonchev–Trinajstić information content (AvgIpc) is 2.94. The third-order valence-corrected chi connectivity index (χ3v) is 7.14. The Kier molecular flexibility index (Phi) is 8.97. The molecule has 0 aliphatic carbocycles. The van der Waals surface area contributed by atoms with Crippen molar-refractivity contribution < 1.29 is 23.0 Å². The summed E-state index contributed by atoms with van der Waals surface area (Å²) >= 11 is 6.67. The van der Waals surface area contributed by atoms with E-state index in [0.29, 0.717) is 0 Å². The van der Waals surface area contributed by atoms with Gasteiger partial charge in [-0.25, -0.2) is 0 Å². The van der Waals surface area contributed by atoms with Crippen LogP contribution in [0.25, 0.3) is 0 Å². The molecule has 0 spiro atoms. The topological polar surface area (TPSA) is 32.7 Å². The molecule has 7 heteroatoms. The first-order valence-corrected chi connectivity index (χ1v) is 12.8. The Morgan fingerprint density at radius 1 is 0.737 bits per heavy atom. The van der Waals surface area contributed by atoms with E-state index in [9.17, 15) is 18.3 Å². The Morgan fingerprint density at radius 2 is 1.24 bits per heavy atom. The SMILES string of the molecule is Oc1ccccc1OCCCN(CC(c1ccccc1)c1ccccc1)C(Cl)(c1ccccc1)C(F)(F)F. The van der Waals surface area contributed by atoms with Gasteiger partial charge in [0.2, 0.25) is 5.00 Å². The van der Waals surface area contributed by atoms with Gasteiger partial charge in [-0.15, -0.1) is 0 Å². The number of halogens is 4. The number of alkyl halides is 4. The van der Waals surface area contributed by atoms with Gasteiger partial charge in [0.25, 0.3) is 0 Å². The molecule has 4 aromatic rings. The van der Waals surface area contributed by atoms with Crippen LogP contribution in [0.3, 0.4) is 0 Å². The van der Waals surface area contributed by atoms with Crippen LogP contribution in [0.1, 0.15) is 29.0 Å². The summed E-state index contributed by atoms with van der Waals surface area (Å²) in [5, 5.41) is 9.97. The van der Waals surface area contributed by atoms with Gasteiger partial charge in [-0.1, -0.05) is 115 Å². The summed E-state index contributed by atoms with van der Waals surface area (Å²) in [5.41, 5.74) is 1.74. The van der Waals surface area contributed by atoms with Gasteiger partial charge >= 0.3 is 6.18 Å². The van der Waals surface area contributed by atoms with E-state index in [1.54, 1.807) is 36.4 Å². The number of phenolic OH excluding ortho intramolecular Hbond substituents is 1. The van der Waals surface area contributed by atoms with Gasteiger partial charge in [-0.3, -0.25) is 4.90 Å². The smallest absolute Gasteiger partial charge is 0.425 e. The molecule has 3 nitrogen and oxygen atoms in total. The van der Waals surface area contributed by atoms with Gasteiger partial charge in [0.15, 0.2) is 11.5 Å². The van der Waals surface area contributed by atoms with Crippen LogP contribution in [0.4, 0.5) is 13.2 Å². The van der Waals surface area contributed by atoms with Crippen molar-refractivity contribution in [1.82, 2.24) is 4.90 Å². The Morgan fingerprint density at radius 3 is 1.76 bits per heavy atom. The first-order chi connectivity index (χ1) is 18.3. The lowest BCUT2D eigenvalue weighted by molar-refractivity contribution is -0.206. The number of phenols is 1. The molecule has 38 heavy (non-hydrogen) atoms. The number of aromatic hydroxyl groups is 1. The molecule has 0 bridgehead atoms. The predicted octanol–water partition coefficient (Wildman–Crippen LogP) is 7.95. The van der Waals surface area contributed by atoms with Crippen LogP contribution < -0.4 is 4.74 Å². The number of nitrogens with zero attached hydrogens (tertiary/aromatic N) is 1. The van der Waals surface area contributed by atoms with E-state index < -0.39 is 11.2 Å². The first-order valence-electron chi connectivity index (χ1n) is 12.4. The van der Waals surface area contributed by atoms with E-state index in [1.807, 2.05) is 60.7 Å². The zero-order valence-electron chi connectivity index (χ0n) is 20.7. The molecule has 1 atom stereocenters. The lowest BCUT2D eigenvalue weighted by Gasteiger charge is -2.42. The minimum absolute atomic E-state index is 0.00165. The molecule has 0 saturated heterocycles. The maximum Gasteiger partial charge on any atom is 0.425 e. The van der Waals surface area contributed by atoms with Crippen molar-refractivity contribution in [1.29, 1.82) is 0 Å². The molecule has 4 rings (SSSR count). The third kappa shape index (κ3) is 6.32. The zero-order valence-corrected chi connectivity index (χ0v) is 21.4. The predicted molar refractivity (Wildman–Crippen MR) is 145 cm³/mol. The maximum absolute atomic E-state index is 14.9. The molecule has 198 valence electrons. The summed E-state index contributed by atoms with van der Waals surface area (Å²) in [6, 6.07) is 33.1. The molecule has 4 aromatic carbocycles. The van der Waals surface area contributed by atoms with E-state index in [0.717, 1.165) is 11.1 Å². The van der Waals surface area contributed by atoms with Crippen molar-refractivity contribution >= 4 is 11.6 Å². The van der Waals surface area contributed by atoms with Crippen molar-refractivity contribution in [2.45, 2.75) is 23.5 Å². The molecular weight excluding hydrogens is 511 g/mol. The molecule has 0 amide bonds. The minimum atomic E-state index is -4.77. The highest BCUT2D eigenvalue weighted by atomic mass is 35.5. The molecule has 0 aliphatic heterocycles. The highest BCUT2D eigenvalue weighted by molar-refractivity contribution is 6.24. The van der Waals surface area contributed by atoms with Crippen molar-refractivity contribution in [3.05, 3.63) is 132 Å². The summed E-state index contributed by atoms with van der Waals surface area (Å²) in [5.74, 6) is -0.106. The summed E-state index contributed by atoms with van der Waals surface area (Å²) in [6.45, 7) is 0.124. The fourth-order valence-electron chi connectivity index (χ4n) is 4.57. The maximum atomic E-state index is 14.9. The monoisotopic (exact) mass is 539 g/mol. The molecule has 0 heterocycles. The van der Waals surface area contributed by atoms with Gasteiger partial charge in [-0.2, -0.15) is 13.2 Å². The number of para-hydroxylation sites is 2. The number of hydrogen-bond acceptors (Lipinski definition) is 3. The Labute approximate surface area is 226 Å². The van der Waals surface area contributed by atoms with Gasteiger partial charge in [0.1, 0.15) is 0 Å². The molecule has 0 aliphatic rings. The second-order valence-corrected chi connectivity index (χ2v) is 9.52. The van der Waals surface area contributed by atoms with E-state index in [1.165, 1.54) is 23.1 Å². The number of rotatable bonds is 11. The zero-order chi connectivity index (χ0) is 27.0. The van der Waals surface area contributed by atoms with Crippen molar-refractivity contribution in [2.24, 2.45) is 0 Å². The fourth-order valence-corrected chi connectivity index (χ4v) is 4.85. The normalized spacial score (nSPS) is 13.4. The molecule has 1 unspecified atom stereocenters. The molecular formula is C31H29ClF3NO2. The second-order valence-electron chi connectivity index (χ2n) is 8.98.